The van der Waals surface area contributed by atoms with Gasteiger partial charge in [-0.3, -0.25) is 9.78 Å². The Morgan fingerprint density at radius 1 is 1.09 bits per heavy atom. The standard InChI is InChI=1S/C25H23FN4O2/c1-17-22(18(2)30(29-17)20-7-4-3-5-8-20)14-25(31)28-15-19-10-11-24(23(26)13-19)32-21-9-6-12-27-16-21/h3-13,16H,14-15H2,1-2H3,(H,28,31). The lowest BCUT2D eigenvalue weighted by atomic mass is 10.1. The first-order valence-electron chi connectivity index (χ1n) is 10.2. The summed E-state index contributed by atoms with van der Waals surface area (Å²) >= 11 is 0. The Balaban J connectivity index is 1.38. The molecule has 162 valence electrons. The molecule has 0 saturated carbocycles. The number of carbonyl (C=O) groups excluding carboxylic acids is 1. The van der Waals surface area contributed by atoms with Crippen molar-refractivity contribution < 1.29 is 13.9 Å². The van der Waals surface area contributed by atoms with E-state index in [9.17, 15) is 9.18 Å². The van der Waals surface area contributed by atoms with Crippen molar-refractivity contribution in [1.29, 1.82) is 0 Å². The molecule has 0 atom stereocenters. The molecule has 0 aliphatic rings. The van der Waals surface area contributed by atoms with Crippen LogP contribution in [0.1, 0.15) is 22.5 Å². The molecule has 2 aromatic heterocycles. The average molecular weight is 430 g/mol. The molecule has 1 N–H and O–H groups in total. The van der Waals surface area contributed by atoms with Crippen molar-refractivity contribution in [3.8, 4) is 17.2 Å². The van der Waals surface area contributed by atoms with E-state index in [2.05, 4.69) is 15.4 Å². The Kier molecular flexibility index (Phi) is 6.26. The second-order valence-corrected chi connectivity index (χ2v) is 7.41. The van der Waals surface area contributed by atoms with Gasteiger partial charge >= 0.3 is 0 Å². The number of rotatable bonds is 7. The number of nitrogens with zero attached hydrogens (tertiary/aromatic N) is 3. The Hall–Kier alpha value is -4.00. The number of para-hydroxylation sites is 1. The van der Waals surface area contributed by atoms with Crippen LogP contribution >= 0.6 is 0 Å². The predicted molar refractivity (Wildman–Crippen MR) is 119 cm³/mol. The summed E-state index contributed by atoms with van der Waals surface area (Å²) in [5.74, 6) is -0.0989. The van der Waals surface area contributed by atoms with Gasteiger partial charge in [0.15, 0.2) is 11.6 Å². The molecule has 7 heteroatoms. The maximum atomic E-state index is 14.4. The third-order valence-electron chi connectivity index (χ3n) is 5.13. The quantitative estimate of drug-likeness (QED) is 0.462. The molecule has 0 bridgehead atoms. The number of halogens is 1. The van der Waals surface area contributed by atoms with Crippen LogP contribution < -0.4 is 10.1 Å². The van der Waals surface area contributed by atoms with Gasteiger partial charge in [0.05, 0.1) is 24.0 Å². The SMILES string of the molecule is Cc1nn(-c2ccccc2)c(C)c1CC(=O)NCc1ccc(Oc2cccnc2)c(F)c1. The molecule has 4 aromatic rings. The van der Waals surface area contributed by atoms with E-state index in [4.69, 9.17) is 4.74 Å². The lowest BCUT2D eigenvalue weighted by molar-refractivity contribution is -0.120. The minimum Gasteiger partial charge on any atom is -0.453 e. The molecule has 0 saturated heterocycles. The monoisotopic (exact) mass is 430 g/mol. The fourth-order valence-corrected chi connectivity index (χ4v) is 3.45. The predicted octanol–water partition coefficient (Wildman–Crippen LogP) is 4.67. The summed E-state index contributed by atoms with van der Waals surface area (Å²) in [7, 11) is 0. The van der Waals surface area contributed by atoms with E-state index in [1.54, 1.807) is 30.5 Å². The maximum Gasteiger partial charge on any atom is 0.224 e. The van der Waals surface area contributed by atoms with Crippen molar-refractivity contribution in [2.75, 3.05) is 0 Å². The molecule has 0 aliphatic heterocycles. The second kappa shape index (κ2) is 9.43. The molecule has 0 aliphatic carbocycles. The van der Waals surface area contributed by atoms with E-state index < -0.39 is 5.82 Å². The fourth-order valence-electron chi connectivity index (χ4n) is 3.45. The number of nitrogens with one attached hydrogen (secondary N) is 1. The van der Waals surface area contributed by atoms with E-state index in [1.807, 2.05) is 48.9 Å². The normalized spacial score (nSPS) is 10.7. The molecule has 2 aromatic carbocycles. The molecular weight excluding hydrogens is 407 g/mol. The highest BCUT2D eigenvalue weighted by Gasteiger charge is 2.16. The summed E-state index contributed by atoms with van der Waals surface area (Å²) in [6, 6.07) is 17.8. The van der Waals surface area contributed by atoms with Crippen LogP contribution in [-0.2, 0) is 17.8 Å². The zero-order valence-electron chi connectivity index (χ0n) is 17.9. The summed E-state index contributed by atoms with van der Waals surface area (Å²) in [6.07, 6.45) is 3.33. The Morgan fingerprint density at radius 2 is 1.91 bits per heavy atom. The van der Waals surface area contributed by atoms with Crippen molar-refractivity contribution >= 4 is 5.91 Å². The van der Waals surface area contributed by atoms with Crippen molar-refractivity contribution in [2.24, 2.45) is 0 Å². The first-order chi connectivity index (χ1) is 15.5. The molecule has 4 rings (SSSR count). The first-order valence-corrected chi connectivity index (χ1v) is 10.2. The molecular formula is C25H23FN4O2. The van der Waals surface area contributed by atoms with E-state index in [0.717, 1.165) is 22.6 Å². The summed E-state index contributed by atoms with van der Waals surface area (Å²) in [5, 5.41) is 7.43. The number of ether oxygens (including phenoxy) is 1. The highest BCUT2D eigenvalue weighted by Crippen LogP contribution is 2.24. The largest absolute Gasteiger partial charge is 0.453 e. The lowest BCUT2D eigenvalue weighted by Crippen LogP contribution is -2.25. The molecule has 1 amide bonds. The van der Waals surface area contributed by atoms with Gasteiger partial charge < -0.3 is 10.1 Å². The molecule has 32 heavy (non-hydrogen) atoms. The van der Waals surface area contributed by atoms with Crippen molar-refractivity contribution in [3.63, 3.8) is 0 Å². The van der Waals surface area contributed by atoms with Crippen molar-refractivity contribution in [3.05, 3.63) is 101 Å². The molecule has 2 heterocycles. The van der Waals surface area contributed by atoms with E-state index >= 15 is 0 Å². The van der Waals surface area contributed by atoms with E-state index in [0.29, 0.717) is 11.3 Å². The molecule has 0 unspecified atom stereocenters. The van der Waals surface area contributed by atoms with Gasteiger partial charge in [0.1, 0.15) is 5.75 Å². The number of aromatic nitrogens is 3. The summed E-state index contributed by atoms with van der Waals surface area (Å²) < 4.78 is 21.7. The van der Waals surface area contributed by atoms with Crippen LogP contribution in [0.2, 0.25) is 0 Å². The lowest BCUT2D eigenvalue weighted by Gasteiger charge is -2.09. The second-order valence-electron chi connectivity index (χ2n) is 7.41. The third kappa shape index (κ3) is 4.83. The first kappa shape index (κ1) is 21.2. The number of carbonyl (C=O) groups is 1. The van der Waals surface area contributed by atoms with Crippen LogP contribution in [0.3, 0.4) is 0 Å². The van der Waals surface area contributed by atoms with Crippen LogP contribution in [0.15, 0.2) is 73.1 Å². The summed E-state index contributed by atoms with van der Waals surface area (Å²) in [4.78, 5) is 16.5. The smallest absolute Gasteiger partial charge is 0.224 e. The zero-order chi connectivity index (χ0) is 22.5. The Bertz CT molecular complexity index is 1220. The number of aryl methyl sites for hydroxylation is 1. The van der Waals surface area contributed by atoms with Crippen LogP contribution in [-0.4, -0.2) is 20.7 Å². The van der Waals surface area contributed by atoms with Gasteiger partial charge in [-0.25, -0.2) is 9.07 Å². The summed E-state index contributed by atoms with van der Waals surface area (Å²) in [5.41, 5.74) is 4.21. The fraction of sp³-hybridized carbons (Fsp3) is 0.160. The van der Waals surface area contributed by atoms with Gasteiger partial charge in [-0.1, -0.05) is 24.3 Å². The zero-order valence-corrected chi connectivity index (χ0v) is 17.9. The van der Waals surface area contributed by atoms with Gasteiger partial charge in [-0.15, -0.1) is 0 Å². The van der Waals surface area contributed by atoms with Gasteiger partial charge in [0.2, 0.25) is 5.91 Å². The van der Waals surface area contributed by atoms with Crippen molar-refractivity contribution in [1.82, 2.24) is 20.1 Å². The van der Waals surface area contributed by atoms with Crippen LogP contribution in [0.25, 0.3) is 5.69 Å². The summed E-state index contributed by atoms with van der Waals surface area (Å²) in [6.45, 7) is 4.06. The minimum atomic E-state index is -0.503. The third-order valence-corrected chi connectivity index (χ3v) is 5.13. The Labute approximate surface area is 185 Å². The minimum absolute atomic E-state index is 0.104. The maximum absolute atomic E-state index is 14.4. The van der Waals surface area contributed by atoms with Crippen LogP contribution in [0.4, 0.5) is 4.39 Å². The van der Waals surface area contributed by atoms with E-state index in [-0.39, 0.29) is 24.6 Å². The molecule has 0 radical (unpaired) electrons. The van der Waals surface area contributed by atoms with Gasteiger partial charge in [-0.2, -0.15) is 5.10 Å². The number of pyridine rings is 1. The molecule has 6 nitrogen and oxygen atoms in total. The number of hydrogen-bond donors (Lipinski definition) is 1. The number of benzene rings is 2. The van der Waals surface area contributed by atoms with Gasteiger partial charge in [0.25, 0.3) is 0 Å². The molecule has 0 fully saturated rings. The van der Waals surface area contributed by atoms with Gasteiger partial charge in [0, 0.05) is 24.0 Å². The van der Waals surface area contributed by atoms with Gasteiger partial charge in [-0.05, 0) is 55.8 Å². The van der Waals surface area contributed by atoms with Crippen LogP contribution in [0, 0.1) is 19.7 Å². The highest BCUT2D eigenvalue weighted by molar-refractivity contribution is 5.79. The number of hydrogen-bond acceptors (Lipinski definition) is 4. The number of amides is 1. The Morgan fingerprint density at radius 3 is 2.62 bits per heavy atom. The van der Waals surface area contributed by atoms with Crippen LogP contribution in [0.5, 0.6) is 11.5 Å². The molecule has 0 spiro atoms. The highest BCUT2D eigenvalue weighted by atomic mass is 19.1. The average Bonchev–Trinajstić information content (AvgIpc) is 3.09. The topological polar surface area (TPSA) is 69.0 Å². The van der Waals surface area contributed by atoms with E-state index in [1.165, 1.54) is 12.3 Å². The van der Waals surface area contributed by atoms with Crippen molar-refractivity contribution in [2.45, 2.75) is 26.8 Å².